The standard InChI is InChI=1S/C20H26O3/c1-4-6-11-23-20(22)14(3)19(5-2)17-8-7-16-13-18(21)10-9-15(16)12-17/h9-10,12-13,21H,4-8,11H2,1-3H3/b19-14+. The first-order chi connectivity index (χ1) is 11.1. The summed E-state index contributed by atoms with van der Waals surface area (Å²) in [6.45, 7) is 6.51. The largest absolute Gasteiger partial charge is 0.508 e. The van der Waals surface area contributed by atoms with Gasteiger partial charge in [-0.2, -0.15) is 0 Å². The topological polar surface area (TPSA) is 46.5 Å². The first-order valence-corrected chi connectivity index (χ1v) is 8.46. The van der Waals surface area contributed by atoms with E-state index in [1.807, 2.05) is 19.1 Å². The SMILES string of the molecule is CCCCOC(=O)/C(C)=C(\CC)C1=Cc2ccc(O)cc2CC1. The lowest BCUT2D eigenvalue weighted by Crippen LogP contribution is -2.11. The van der Waals surface area contributed by atoms with Gasteiger partial charge in [0.05, 0.1) is 6.61 Å². The summed E-state index contributed by atoms with van der Waals surface area (Å²) in [5.41, 5.74) is 5.30. The minimum atomic E-state index is -0.201. The highest BCUT2D eigenvalue weighted by molar-refractivity contribution is 5.90. The van der Waals surface area contributed by atoms with Crippen LogP contribution in [0.3, 0.4) is 0 Å². The zero-order chi connectivity index (χ0) is 16.8. The van der Waals surface area contributed by atoms with Crippen molar-refractivity contribution in [2.24, 2.45) is 0 Å². The van der Waals surface area contributed by atoms with Gasteiger partial charge in [0.15, 0.2) is 0 Å². The van der Waals surface area contributed by atoms with E-state index in [9.17, 15) is 9.90 Å². The van der Waals surface area contributed by atoms with E-state index in [0.717, 1.165) is 54.4 Å². The lowest BCUT2D eigenvalue weighted by atomic mass is 9.86. The zero-order valence-corrected chi connectivity index (χ0v) is 14.3. The van der Waals surface area contributed by atoms with E-state index < -0.39 is 0 Å². The summed E-state index contributed by atoms with van der Waals surface area (Å²) in [7, 11) is 0. The van der Waals surface area contributed by atoms with Crippen LogP contribution in [0.2, 0.25) is 0 Å². The van der Waals surface area contributed by atoms with Crippen molar-refractivity contribution in [3.8, 4) is 5.75 Å². The molecule has 23 heavy (non-hydrogen) atoms. The molecule has 0 aliphatic heterocycles. The number of fused-ring (bicyclic) bond motifs is 1. The van der Waals surface area contributed by atoms with Crippen LogP contribution in [0.4, 0.5) is 0 Å². The maximum atomic E-state index is 12.2. The van der Waals surface area contributed by atoms with Gasteiger partial charge in [-0.05, 0) is 67.0 Å². The van der Waals surface area contributed by atoms with Crippen LogP contribution in [0, 0.1) is 0 Å². The number of esters is 1. The number of hydrogen-bond donors (Lipinski definition) is 1. The number of hydrogen-bond acceptors (Lipinski definition) is 3. The summed E-state index contributed by atoms with van der Waals surface area (Å²) < 4.78 is 5.35. The highest BCUT2D eigenvalue weighted by atomic mass is 16.5. The molecule has 0 amide bonds. The van der Waals surface area contributed by atoms with Crippen LogP contribution < -0.4 is 0 Å². The van der Waals surface area contributed by atoms with Crippen molar-refractivity contribution in [1.82, 2.24) is 0 Å². The number of phenols is 1. The van der Waals surface area contributed by atoms with Gasteiger partial charge in [0.25, 0.3) is 0 Å². The summed E-state index contributed by atoms with van der Waals surface area (Å²) in [4.78, 5) is 12.2. The van der Waals surface area contributed by atoms with Crippen molar-refractivity contribution in [3.05, 3.63) is 46.0 Å². The van der Waals surface area contributed by atoms with Gasteiger partial charge < -0.3 is 9.84 Å². The Balaban J connectivity index is 2.25. The van der Waals surface area contributed by atoms with E-state index in [4.69, 9.17) is 4.74 Å². The molecule has 3 heteroatoms. The molecule has 0 heterocycles. The van der Waals surface area contributed by atoms with Crippen LogP contribution >= 0.6 is 0 Å². The summed E-state index contributed by atoms with van der Waals surface area (Å²) >= 11 is 0. The molecule has 0 bridgehead atoms. The molecule has 0 radical (unpaired) electrons. The minimum absolute atomic E-state index is 0.201. The number of aryl methyl sites for hydroxylation is 1. The van der Waals surface area contributed by atoms with Crippen LogP contribution in [0.5, 0.6) is 5.75 Å². The third kappa shape index (κ3) is 4.25. The second kappa shape index (κ2) is 8.00. The fourth-order valence-corrected chi connectivity index (χ4v) is 2.99. The smallest absolute Gasteiger partial charge is 0.333 e. The van der Waals surface area contributed by atoms with Gasteiger partial charge in [-0.3, -0.25) is 0 Å². The van der Waals surface area contributed by atoms with Crippen molar-refractivity contribution < 1.29 is 14.6 Å². The molecule has 1 aromatic carbocycles. The lowest BCUT2D eigenvalue weighted by molar-refractivity contribution is -0.139. The predicted molar refractivity (Wildman–Crippen MR) is 93.3 cm³/mol. The van der Waals surface area contributed by atoms with Crippen molar-refractivity contribution in [3.63, 3.8) is 0 Å². The quantitative estimate of drug-likeness (QED) is 0.466. The second-order valence-corrected chi connectivity index (χ2v) is 6.00. The first-order valence-electron chi connectivity index (χ1n) is 8.46. The van der Waals surface area contributed by atoms with E-state index in [1.54, 1.807) is 6.07 Å². The molecule has 0 saturated carbocycles. The Morgan fingerprint density at radius 1 is 1.26 bits per heavy atom. The highest BCUT2D eigenvalue weighted by Gasteiger charge is 2.18. The number of aromatic hydroxyl groups is 1. The molecule has 0 aromatic heterocycles. The molecule has 1 N–H and O–H groups in total. The van der Waals surface area contributed by atoms with E-state index >= 15 is 0 Å². The first kappa shape index (κ1) is 17.3. The normalized spacial score (nSPS) is 14.7. The Labute approximate surface area is 138 Å². The molecule has 1 aliphatic rings. The predicted octanol–water partition coefficient (Wildman–Crippen LogP) is 4.79. The van der Waals surface area contributed by atoms with Crippen LogP contribution in [0.15, 0.2) is 34.9 Å². The third-order valence-corrected chi connectivity index (χ3v) is 4.35. The molecule has 1 aliphatic carbocycles. The molecule has 0 atom stereocenters. The molecule has 124 valence electrons. The van der Waals surface area contributed by atoms with E-state index in [0.29, 0.717) is 12.4 Å². The average molecular weight is 314 g/mol. The van der Waals surface area contributed by atoms with Crippen molar-refractivity contribution >= 4 is 12.0 Å². The molecular weight excluding hydrogens is 288 g/mol. The Hall–Kier alpha value is -2.03. The summed E-state index contributed by atoms with van der Waals surface area (Å²) in [6.07, 6.45) is 6.65. The molecule has 1 aromatic rings. The Kier molecular flexibility index (Phi) is 6.03. The third-order valence-electron chi connectivity index (χ3n) is 4.35. The fraction of sp³-hybridized carbons (Fsp3) is 0.450. The van der Waals surface area contributed by atoms with Gasteiger partial charge in [-0.25, -0.2) is 4.79 Å². The number of allylic oxidation sites excluding steroid dienone is 2. The van der Waals surface area contributed by atoms with Crippen molar-refractivity contribution in [1.29, 1.82) is 0 Å². The van der Waals surface area contributed by atoms with E-state index in [-0.39, 0.29) is 5.97 Å². The van der Waals surface area contributed by atoms with Gasteiger partial charge in [-0.1, -0.05) is 32.4 Å². The molecule has 0 fully saturated rings. The minimum Gasteiger partial charge on any atom is -0.508 e. The van der Waals surface area contributed by atoms with Gasteiger partial charge in [0.2, 0.25) is 0 Å². The fourth-order valence-electron chi connectivity index (χ4n) is 2.99. The van der Waals surface area contributed by atoms with Gasteiger partial charge >= 0.3 is 5.97 Å². The number of phenolic OH excluding ortho intramolecular Hbond substituents is 1. The summed E-state index contributed by atoms with van der Waals surface area (Å²) in [6, 6.07) is 5.47. The number of benzene rings is 1. The maximum Gasteiger partial charge on any atom is 0.333 e. The molecule has 3 nitrogen and oxygen atoms in total. The summed E-state index contributed by atoms with van der Waals surface area (Å²) in [5.74, 6) is 0.107. The van der Waals surface area contributed by atoms with Crippen LogP contribution in [0.25, 0.3) is 6.08 Å². The van der Waals surface area contributed by atoms with Crippen LogP contribution in [0.1, 0.15) is 57.6 Å². The van der Waals surface area contributed by atoms with Crippen molar-refractivity contribution in [2.75, 3.05) is 6.61 Å². The Morgan fingerprint density at radius 2 is 2.04 bits per heavy atom. The molecular formula is C20H26O3. The molecule has 0 saturated heterocycles. The maximum absolute atomic E-state index is 12.2. The Bertz CT molecular complexity index is 638. The van der Waals surface area contributed by atoms with Crippen molar-refractivity contribution in [2.45, 2.75) is 52.9 Å². The number of carbonyl (C=O) groups is 1. The van der Waals surface area contributed by atoms with Gasteiger partial charge in [0, 0.05) is 5.57 Å². The number of carbonyl (C=O) groups excluding carboxylic acids is 1. The molecule has 0 unspecified atom stereocenters. The van der Waals surface area contributed by atoms with Crippen LogP contribution in [-0.2, 0) is 16.0 Å². The van der Waals surface area contributed by atoms with Gasteiger partial charge in [0.1, 0.15) is 5.75 Å². The highest BCUT2D eigenvalue weighted by Crippen LogP contribution is 2.32. The second-order valence-electron chi connectivity index (χ2n) is 6.00. The number of unbranched alkanes of at least 4 members (excludes halogenated alkanes) is 1. The molecule has 2 rings (SSSR count). The monoisotopic (exact) mass is 314 g/mol. The summed E-state index contributed by atoms with van der Waals surface area (Å²) in [5, 5.41) is 9.58. The van der Waals surface area contributed by atoms with E-state index in [2.05, 4.69) is 19.9 Å². The van der Waals surface area contributed by atoms with E-state index in [1.165, 1.54) is 5.57 Å². The zero-order valence-electron chi connectivity index (χ0n) is 14.3. The van der Waals surface area contributed by atoms with Gasteiger partial charge in [-0.15, -0.1) is 0 Å². The lowest BCUT2D eigenvalue weighted by Gasteiger charge is -2.20. The Morgan fingerprint density at radius 3 is 2.74 bits per heavy atom. The number of rotatable bonds is 6. The van der Waals surface area contributed by atoms with Crippen LogP contribution in [-0.4, -0.2) is 17.7 Å². The molecule has 0 spiro atoms. The number of ether oxygens (including phenoxy) is 1. The average Bonchev–Trinajstić information content (AvgIpc) is 2.55.